The number of ether oxygens (including phenoxy) is 1. The van der Waals surface area contributed by atoms with Crippen molar-refractivity contribution in [3.63, 3.8) is 0 Å². The average Bonchev–Trinajstić information content (AvgIpc) is 3.02. The number of nitrogens with zero attached hydrogens (tertiary/aromatic N) is 3. The number of carboxylic acid groups (broad SMARTS) is 1. The van der Waals surface area contributed by atoms with Crippen molar-refractivity contribution in [2.75, 3.05) is 7.11 Å². The molecule has 0 aliphatic carbocycles. The zero-order valence-electron chi connectivity index (χ0n) is 14.3. The first-order valence-corrected chi connectivity index (χ1v) is 8.14. The lowest BCUT2D eigenvalue weighted by Crippen LogP contribution is -2.44. The Morgan fingerprint density at radius 2 is 2.16 bits per heavy atom. The van der Waals surface area contributed by atoms with E-state index in [0.29, 0.717) is 18.7 Å². The lowest BCUT2D eigenvalue weighted by atomic mass is 9.85. The first kappa shape index (κ1) is 17.0. The van der Waals surface area contributed by atoms with Gasteiger partial charge in [-0.25, -0.2) is 0 Å². The summed E-state index contributed by atoms with van der Waals surface area (Å²) in [4.78, 5) is 26.0. The molecule has 3 rings (SSSR count). The van der Waals surface area contributed by atoms with Gasteiger partial charge < -0.3 is 14.7 Å². The molecule has 1 aromatic carbocycles. The van der Waals surface area contributed by atoms with Crippen LogP contribution in [0.1, 0.15) is 30.0 Å². The lowest BCUT2D eigenvalue weighted by molar-refractivity contribution is -0.152. The maximum atomic E-state index is 12.6. The van der Waals surface area contributed by atoms with Gasteiger partial charge >= 0.3 is 5.97 Å². The highest BCUT2D eigenvalue weighted by Gasteiger charge is 2.41. The van der Waals surface area contributed by atoms with E-state index in [4.69, 9.17) is 4.74 Å². The number of methoxy groups -OCH3 is 1. The van der Waals surface area contributed by atoms with Crippen LogP contribution < -0.4 is 4.74 Å². The largest absolute Gasteiger partial charge is 0.496 e. The molecular weight excluding hydrogens is 322 g/mol. The Labute approximate surface area is 145 Å². The number of hydrogen-bond donors (Lipinski definition) is 1. The van der Waals surface area contributed by atoms with E-state index in [0.717, 1.165) is 11.1 Å². The van der Waals surface area contributed by atoms with Crippen LogP contribution in [0.3, 0.4) is 0 Å². The molecule has 0 bridgehead atoms. The van der Waals surface area contributed by atoms with Crippen molar-refractivity contribution in [3.05, 3.63) is 47.8 Å². The van der Waals surface area contributed by atoms with Gasteiger partial charge in [0.15, 0.2) is 0 Å². The number of aliphatic carboxylic acids is 1. The molecule has 1 amide bonds. The smallest absolute Gasteiger partial charge is 0.308 e. The van der Waals surface area contributed by atoms with Crippen molar-refractivity contribution in [1.29, 1.82) is 0 Å². The van der Waals surface area contributed by atoms with Crippen LogP contribution in [0.25, 0.3) is 0 Å². The number of aryl methyl sites for hydroxylation is 1. The summed E-state index contributed by atoms with van der Waals surface area (Å²) in [7, 11) is 3.35. The highest BCUT2D eigenvalue weighted by Crippen LogP contribution is 2.38. The van der Waals surface area contributed by atoms with Crippen molar-refractivity contribution in [3.8, 4) is 5.75 Å². The fourth-order valence-corrected chi connectivity index (χ4v) is 3.42. The minimum atomic E-state index is -0.897. The number of amides is 1. The van der Waals surface area contributed by atoms with Crippen molar-refractivity contribution < 1.29 is 19.4 Å². The van der Waals surface area contributed by atoms with Crippen molar-refractivity contribution >= 4 is 11.9 Å². The van der Waals surface area contributed by atoms with Gasteiger partial charge in [-0.2, -0.15) is 5.10 Å². The van der Waals surface area contributed by atoms with Gasteiger partial charge in [-0.3, -0.25) is 14.3 Å². The summed E-state index contributed by atoms with van der Waals surface area (Å²) in [5, 5.41) is 13.8. The van der Waals surface area contributed by atoms with Crippen LogP contribution in [-0.4, -0.2) is 38.8 Å². The van der Waals surface area contributed by atoms with Gasteiger partial charge in [0.05, 0.1) is 25.3 Å². The molecule has 1 aliphatic rings. The van der Waals surface area contributed by atoms with Gasteiger partial charge in [0, 0.05) is 37.3 Å². The van der Waals surface area contributed by atoms with E-state index < -0.39 is 17.9 Å². The van der Waals surface area contributed by atoms with Crippen LogP contribution in [0.2, 0.25) is 0 Å². The summed E-state index contributed by atoms with van der Waals surface area (Å²) in [6, 6.07) is 6.91. The van der Waals surface area contributed by atoms with Gasteiger partial charge in [0.1, 0.15) is 5.75 Å². The number of piperidine rings is 1. The van der Waals surface area contributed by atoms with Crippen molar-refractivity contribution in [2.45, 2.75) is 25.4 Å². The monoisotopic (exact) mass is 343 g/mol. The number of para-hydroxylation sites is 1. The van der Waals surface area contributed by atoms with E-state index in [9.17, 15) is 14.7 Å². The van der Waals surface area contributed by atoms with Gasteiger partial charge in [0.2, 0.25) is 5.91 Å². The maximum absolute atomic E-state index is 12.6. The van der Waals surface area contributed by atoms with E-state index in [1.54, 1.807) is 36.1 Å². The Hall–Kier alpha value is -2.83. The summed E-state index contributed by atoms with van der Waals surface area (Å²) < 4.78 is 6.99. The molecule has 7 heteroatoms. The number of rotatable bonds is 5. The number of benzene rings is 1. The van der Waals surface area contributed by atoms with E-state index >= 15 is 0 Å². The number of carbonyl (C=O) groups excluding carboxylic acids is 1. The van der Waals surface area contributed by atoms with Crippen LogP contribution in [-0.2, 0) is 23.2 Å². The first-order chi connectivity index (χ1) is 12.0. The number of aromatic nitrogens is 2. The van der Waals surface area contributed by atoms with E-state index in [2.05, 4.69) is 5.10 Å². The second-order valence-electron chi connectivity index (χ2n) is 6.21. The molecule has 1 saturated heterocycles. The molecule has 7 nitrogen and oxygen atoms in total. The molecule has 0 saturated carbocycles. The number of carboxylic acids is 1. The summed E-state index contributed by atoms with van der Waals surface area (Å²) in [6.45, 7) is 0.298. The Morgan fingerprint density at radius 3 is 2.80 bits per heavy atom. The fourth-order valence-electron chi connectivity index (χ4n) is 3.42. The third-order valence-corrected chi connectivity index (χ3v) is 4.62. The second-order valence-corrected chi connectivity index (χ2v) is 6.21. The van der Waals surface area contributed by atoms with Gasteiger partial charge in [-0.1, -0.05) is 18.2 Å². The summed E-state index contributed by atoms with van der Waals surface area (Å²) >= 11 is 0. The standard InChI is InChI=1S/C18H21N3O4/c1-20-10-13(9-19-20)17-14(18(23)24)7-8-16(22)21(17)11-12-5-3-4-6-15(12)25-2/h3-6,9-10,14,17H,7-8,11H2,1-2H3,(H,23,24)/t14-,17-/m1/s1. The molecule has 132 valence electrons. The summed E-state index contributed by atoms with van der Waals surface area (Å²) in [5.41, 5.74) is 1.58. The summed E-state index contributed by atoms with van der Waals surface area (Å²) in [5.74, 6) is -0.932. The first-order valence-electron chi connectivity index (χ1n) is 8.14. The van der Waals surface area contributed by atoms with E-state index in [-0.39, 0.29) is 12.3 Å². The fraction of sp³-hybridized carbons (Fsp3) is 0.389. The lowest BCUT2D eigenvalue weighted by Gasteiger charge is -2.39. The van der Waals surface area contributed by atoms with Gasteiger partial charge in [0.25, 0.3) is 0 Å². The normalized spacial score (nSPS) is 20.6. The predicted molar refractivity (Wildman–Crippen MR) is 89.9 cm³/mol. The van der Waals surface area contributed by atoms with Crippen molar-refractivity contribution in [1.82, 2.24) is 14.7 Å². The molecule has 1 N–H and O–H groups in total. The van der Waals surface area contributed by atoms with E-state index in [1.807, 2.05) is 24.3 Å². The van der Waals surface area contributed by atoms with Gasteiger partial charge in [-0.15, -0.1) is 0 Å². The van der Waals surface area contributed by atoms with Crippen molar-refractivity contribution in [2.24, 2.45) is 13.0 Å². The summed E-state index contributed by atoms with van der Waals surface area (Å²) in [6.07, 6.45) is 3.96. The molecule has 1 aliphatic heterocycles. The molecule has 1 fully saturated rings. The molecule has 25 heavy (non-hydrogen) atoms. The second kappa shape index (κ2) is 6.96. The van der Waals surface area contributed by atoms with Crippen LogP contribution in [0.5, 0.6) is 5.75 Å². The highest BCUT2D eigenvalue weighted by atomic mass is 16.5. The molecule has 1 aromatic heterocycles. The molecule has 2 aromatic rings. The molecule has 2 atom stereocenters. The predicted octanol–water partition coefficient (Wildman–Crippen LogP) is 1.99. The molecule has 2 heterocycles. The minimum absolute atomic E-state index is 0.0581. The van der Waals surface area contributed by atoms with E-state index in [1.165, 1.54) is 0 Å². The Kier molecular flexibility index (Phi) is 4.74. The molecule has 0 radical (unpaired) electrons. The topological polar surface area (TPSA) is 84.7 Å². The van der Waals surface area contributed by atoms with Crippen LogP contribution in [0.15, 0.2) is 36.7 Å². The zero-order valence-corrected chi connectivity index (χ0v) is 14.3. The zero-order chi connectivity index (χ0) is 18.0. The highest BCUT2D eigenvalue weighted by molar-refractivity contribution is 5.81. The number of carbonyl (C=O) groups is 2. The Bertz CT molecular complexity index is 786. The maximum Gasteiger partial charge on any atom is 0.308 e. The third kappa shape index (κ3) is 3.35. The molecular formula is C18H21N3O4. The van der Waals surface area contributed by atoms with Crippen LogP contribution in [0, 0.1) is 5.92 Å². The average molecular weight is 343 g/mol. The van der Waals surface area contributed by atoms with Crippen LogP contribution in [0.4, 0.5) is 0 Å². The SMILES string of the molecule is COc1ccccc1CN1C(=O)CC[C@@H](C(=O)O)[C@H]1c1cnn(C)c1. The van der Waals surface area contributed by atoms with Gasteiger partial charge in [-0.05, 0) is 12.5 Å². The Balaban J connectivity index is 2.00. The number of likely N-dealkylation sites (tertiary alicyclic amines) is 1. The number of hydrogen-bond acceptors (Lipinski definition) is 4. The molecule has 0 spiro atoms. The third-order valence-electron chi connectivity index (χ3n) is 4.62. The molecule has 0 unspecified atom stereocenters. The van der Waals surface area contributed by atoms with Crippen LogP contribution >= 0.6 is 0 Å². The minimum Gasteiger partial charge on any atom is -0.496 e. The Morgan fingerprint density at radius 1 is 1.40 bits per heavy atom. The quantitative estimate of drug-likeness (QED) is 0.897.